The number of para-hydroxylation sites is 1. The van der Waals surface area contributed by atoms with Gasteiger partial charge in [0.05, 0.1) is 18.0 Å². The molecule has 140 valence electrons. The molecular weight excluding hydrogens is 352 g/mol. The van der Waals surface area contributed by atoms with Gasteiger partial charge in [-0.1, -0.05) is 18.2 Å². The summed E-state index contributed by atoms with van der Waals surface area (Å²) in [6, 6.07) is 10.5. The van der Waals surface area contributed by atoms with E-state index in [0.29, 0.717) is 11.4 Å². The normalized spacial score (nSPS) is 10.8. The quantitative estimate of drug-likeness (QED) is 0.597. The summed E-state index contributed by atoms with van der Waals surface area (Å²) in [4.78, 5) is 35.8. The summed E-state index contributed by atoms with van der Waals surface area (Å²) in [7, 11) is 1.69. The first kappa shape index (κ1) is 19.5. The number of aromatic nitrogens is 2. The average molecular weight is 370 g/mol. The summed E-state index contributed by atoms with van der Waals surface area (Å²) in [5.41, 5.74) is 2.69. The van der Waals surface area contributed by atoms with Crippen LogP contribution in [0, 0.1) is 18.3 Å². The number of carbonyl (C=O) groups excluding carboxylic acids is 2. The minimum atomic E-state index is -1.04. The van der Waals surface area contributed by atoms with Crippen LogP contribution in [0.25, 0.3) is 5.69 Å². The fourth-order valence-corrected chi connectivity index (χ4v) is 2.25. The first-order valence-electron chi connectivity index (χ1n) is 7.96. The zero-order chi connectivity index (χ0) is 20.0. The van der Waals surface area contributed by atoms with Gasteiger partial charge >= 0.3 is 6.09 Å². The van der Waals surface area contributed by atoms with E-state index in [1.54, 1.807) is 55.9 Å². The Hall–Kier alpha value is -3.87. The fraction of sp³-hybridized carbons (Fsp3) is 0.235. The summed E-state index contributed by atoms with van der Waals surface area (Å²) in [5.74, 6) is -1.04. The molecule has 0 aliphatic rings. The van der Waals surface area contributed by atoms with Gasteiger partial charge in [-0.3, -0.25) is 25.0 Å². The third kappa shape index (κ3) is 4.21. The Kier molecular flexibility index (Phi) is 6.11. The third-order valence-corrected chi connectivity index (χ3v) is 3.65. The van der Waals surface area contributed by atoms with Crippen LogP contribution in [-0.4, -0.2) is 33.7 Å². The van der Waals surface area contributed by atoms with Crippen molar-refractivity contribution in [2.45, 2.75) is 13.8 Å². The van der Waals surface area contributed by atoms with E-state index in [0.717, 1.165) is 0 Å². The molecule has 0 aliphatic heterocycles. The van der Waals surface area contributed by atoms with E-state index in [-0.39, 0.29) is 12.3 Å². The minimum absolute atomic E-state index is 0.0681. The van der Waals surface area contributed by atoms with Crippen molar-refractivity contribution in [3.05, 3.63) is 46.4 Å². The van der Waals surface area contributed by atoms with Gasteiger partial charge in [-0.15, -0.1) is 0 Å². The maximum Gasteiger partial charge on any atom is 0.414 e. The van der Waals surface area contributed by atoms with Crippen molar-refractivity contribution >= 4 is 23.4 Å². The maximum absolute atomic E-state index is 12.7. The number of benzene rings is 1. The molecule has 0 saturated heterocycles. The van der Waals surface area contributed by atoms with Crippen LogP contribution in [0.3, 0.4) is 0 Å². The highest BCUT2D eigenvalue weighted by Gasteiger charge is 2.18. The molecule has 0 radical (unpaired) electrons. The topological polar surface area (TPSA) is 131 Å². The summed E-state index contributed by atoms with van der Waals surface area (Å²) in [5, 5.41) is 14.6. The van der Waals surface area contributed by atoms with Crippen LogP contribution in [0.5, 0.6) is 0 Å². The average Bonchev–Trinajstić information content (AvgIpc) is 2.86. The number of nitrogens with one attached hydrogen (secondary N) is 2. The van der Waals surface area contributed by atoms with Gasteiger partial charge in [-0.2, -0.15) is 10.4 Å². The number of hydrazone groups is 1. The largest absolute Gasteiger partial charge is 0.450 e. The number of hydrogen-bond donors (Lipinski definition) is 2. The second-order valence-electron chi connectivity index (χ2n) is 5.30. The van der Waals surface area contributed by atoms with Crippen molar-refractivity contribution < 1.29 is 14.3 Å². The lowest BCUT2D eigenvalue weighted by Crippen LogP contribution is -2.36. The Morgan fingerprint density at radius 1 is 1.30 bits per heavy atom. The van der Waals surface area contributed by atoms with E-state index in [9.17, 15) is 14.4 Å². The molecule has 1 aromatic heterocycles. The van der Waals surface area contributed by atoms with Crippen molar-refractivity contribution in [2.75, 3.05) is 12.0 Å². The molecule has 0 fully saturated rings. The Balaban J connectivity index is 2.31. The lowest BCUT2D eigenvalue weighted by Gasteiger charge is -2.07. The molecule has 2 aromatic rings. The Morgan fingerprint density at radius 2 is 1.96 bits per heavy atom. The molecule has 2 rings (SSSR count). The number of amides is 2. The predicted molar refractivity (Wildman–Crippen MR) is 97.6 cm³/mol. The summed E-state index contributed by atoms with van der Waals surface area (Å²) in [6.45, 7) is 3.32. The van der Waals surface area contributed by atoms with Gasteiger partial charge in [-0.05, 0) is 26.0 Å². The molecule has 10 heteroatoms. The molecule has 0 unspecified atom stereocenters. The Bertz CT molecular complexity index is 981. The molecule has 0 atom stereocenters. The molecule has 2 N–H and O–H groups in total. The second-order valence-corrected chi connectivity index (χ2v) is 5.30. The zero-order valence-corrected chi connectivity index (χ0v) is 15.0. The molecule has 0 aliphatic carbocycles. The molecule has 0 spiro atoms. The predicted octanol–water partition coefficient (Wildman–Crippen LogP) is 1.05. The van der Waals surface area contributed by atoms with Gasteiger partial charge in [-0.25, -0.2) is 9.48 Å². The van der Waals surface area contributed by atoms with E-state index in [1.807, 2.05) is 11.4 Å². The van der Waals surface area contributed by atoms with E-state index in [2.05, 4.69) is 15.3 Å². The van der Waals surface area contributed by atoms with Crippen LogP contribution in [0.4, 0.5) is 10.5 Å². The number of nitrogens with zero attached hydrogens (tertiary/aromatic N) is 4. The highest BCUT2D eigenvalue weighted by molar-refractivity contribution is 6.46. The monoisotopic (exact) mass is 370 g/mol. The van der Waals surface area contributed by atoms with Gasteiger partial charge in [0.15, 0.2) is 0 Å². The number of rotatable bonds is 5. The Morgan fingerprint density at radius 3 is 2.56 bits per heavy atom. The van der Waals surface area contributed by atoms with Crippen molar-refractivity contribution in [1.29, 1.82) is 5.26 Å². The van der Waals surface area contributed by atoms with Crippen LogP contribution in [0.2, 0.25) is 0 Å². The second kappa shape index (κ2) is 8.48. The third-order valence-electron chi connectivity index (χ3n) is 3.65. The van der Waals surface area contributed by atoms with Crippen molar-refractivity contribution in [3.63, 3.8) is 0 Å². The van der Waals surface area contributed by atoms with Crippen LogP contribution in [0.15, 0.2) is 40.2 Å². The van der Waals surface area contributed by atoms with E-state index < -0.39 is 23.3 Å². The van der Waals surface area contributed by atoms with Gasteiger partial charge in [0.1, 0.15) is 11.8 Å². The van der Waals surface area contributed by atoms with E-state index in [1.165, 1.54) is 4.68 Å². The lowest BCUT2D eigenvalue weighted by atomic mass is 10.3. The van der Waals surface area contributed by atoms with Crippen molar-refractivity contribution in [2.24, 2.45) is 12.1 Å². The molecule has 27 heavy (non-hydrogen) atoms. The van der Waals surface area contributed by atoms with Crippen LogP contribution < -0.4 is 16.3 Å². The standard InChI is InChI=1S/C17H18N6O4/c1-4-27-17(26)19-15(24)13(10-18)20-21-14-11(2)22(3)23(16(14)25)12-8-6-5-7-9-12/h5-9,21H,4H2,1-3H3,(H,19,24,26)/b20-13+. The number of imide groups is 1. The molecule has 10 nitrogen and oxygen atoms in total. The number of alkyl carbamates (subject to hydrolysis) is 1. The number of hydrogen-bond acceptors (Lipinski definition) is 7. The van der Waals surface area contributed by atoms with Crippen LogP contribution in [-0.2, 0) is 16.6 Å². The summed E-state index contributed by atoms with van der Waals surface area (Å²) < 4.78 is 7.59. The summed E-state index contributed by atoms with van der Waals surface area (Å²) in [6.07, 6.45) is -0.993. The number of nitriles is 1. The first-order valence-corrected chi connectivity index (χ1v) is 7.96. The molecular formula is C17H18N6O4. The molecule has 1 heterocycles. The summed E-state index contributed by atoms with van der Waals surface area (Å²) >= 11 is 0. The maximum atomic E-state index is 12.7. The van der Waals surface area contributed by atoms with Gasteiger partial charge in [0.2, 0.25) is 5.71 Å². The van der Waals surface area contributed by atoms with Crippen LogP contribution in [0.1, 0.15) is 12.6 Å². The molecule has 1 aromatic carbocycles. The zero-order valence-electron chi connectivity index (χ0n) is 15.0. The highest BCUT2D eigenvalue weighted by atomic mass is 16.5. The minimum Gasteiger partial charge on any atom is -0.450 e. The van der Waals surface area contributed by atoms with E-state index >= 15 is 0 Å². The highest BCUT2D eigenvalue weighted by Crippen LogP contribution is 2.13. The van der Waals surface area contributed by atoms with Crippen LogP contribution >= 0.6 is 0 Å². The van der Waals surface area contributed by atoms with Crippen molar-refractivity contribution in [3.8, 4) is 11.8 Å². The first-order chi connectivity index (χ1) is 12.9. The van der Waals surface area contributed by atoms with E-state index in [4.69, 9.17) is 5.26 Å². The number of ether oxygens (including phenoxy) is 1. The Labute approximate surface area is 154 Å². The van der Waals surface area contributed by atoms with Gasteiger partial charge < -0.3 is 4.74 Å². The molecule has 0 bridgehead atoms. The fourth-order valence-electron chi connectivity index (χ4n) is 2.25. The SMILES string of the molecule is CCOC(=O)NC(=O)/C(C#N)=N/Nc1c(C)n(C)n(-c2ccccc2)c1=O. The number of anilines is 1. The lowest BCUT2D eigenvalue weighted by molar-refractivity contribution is -0.114. The smallest absolute Gasteiger partial charge is 0.414 e. The van der Waals surface area contributed by atoms with Crippen molar-refractivity contribution in [1.82, 2.24) is 14.7 Å². The molecule has 2 amide bonds. The van der Waals surface area contributed by atoms with Gasteiger partial charge in [0.25, 0.3) is 11.5 Å². The number of carbonyl (C=O) groups is 2. The molecule has 0 saturated carbocycles. The van der Waals surface area contributed by atoms with Gasteiger partial charge in [0, 0.05) is 7.05 Å².